The lowest BCUT2D eigenvalue weighted by Gasteiger charge is -2.44. The lowest BCUT2D eigenvalue weighted by Crippen LogP contribution is -2.46. The fourth-order valence-electron chi connectivity index (χ4n) is 7.55. The molecule has 7 rings (SSSR count). The Morgan fingerprint density at radius 3 is 2.63 bits per heavy atom. The molecule has 1 saturated carbocycles. The number of aromatic nitrogens is 3. The molecule has 1 spiro atoms. The van der Waals surface area contributed by atoms with Crippen LogP contribution in [-0.2, 0) is 14.3 Å². The maximum atomic E-state index is 14.0. The normalized spacial score (nSPS) is 23.5. The summed E-state index contributed by atoms with van der Waals surface area (Å²) in [7, 11) is 0. The van der Waals surface area contributed by atoms with E-state index >= 15 is 0 Å². The number of likely N-dealkylation sites (tertiary alicyclic amines) is 1. The SMILES string of the molecule is CC(C)COC(=O)CN1CCC2(CC(Oc3nc(C(C)C)c(-c4ccc(F)cc4)c4cc5cnn(C6CCCCO6)c5cc34)C2)C1. The molecule has 9 heteroatoms. The summed E-state index contributed by atoms with van der Waals surface area (Å²) in [5.41, 5.74) is 4.02. The first-order chi connectivity index (χ1) is 22.2. The van der Waals surface area contributed by atoms with Crippen LogP contribution < -0.4 is 4.74 Å². The molecule has 244 valence electrons. The highest BCUT2D eigenvalue weighted by molar-refractivity contribution is 6.06. The molecular weight excluding hydrogens is 583 g/mol. The van der Waals surface area contributed by atoms with Gasteiger partial charge in [-0.3, -0.25) is 9.69 Å². The van der Waals surface area contributed by atoms with E-state index in [9.17, 15) is 9.18 Å². The average molecular weight is 629 g/mol. The Bertz CT molecular complexity index is 1720. The third-order valence-electron chi connectivity index (χ3n) is 9.87. The van der Waals surface area contributed by atoms with Crippen LogP contribution in [0.3, 0.4) is 0 Å². The molecule has 0 radical (unpaired) electrons. The first-order valence-electron chi connectivity index (χ1n) is 16.9. The molecule has 2 saturated heterocycles. The summed E-state index contributed by atoms with van der Waals surface area (Å²) in [4.78, 5) is 19.8. The van der Waals surface area contributed by atoms with Crippen molar-refractivity contribution in [3.63, 3.8) is 0 Å². The molecule has 0 amide bonds. The third kappa shape index (κ3) is 6.11. The van der Waals surface area contributed by atoms with Gasteiger partial charge in [0.2, 0.25) is 5.88 Å². The number of pyridine rings is 1. The second kappa shape index (κ2) is 12.6. The molecule has 4 aromatic rings. The summed E-state index contributed by atoms with van der Waals surface area (Å²) in [6, 6.07) is 11.0. The highest BCUT2D eigenvalue weighted by Crippen LogP contribution is 2.50. The summed E-state index contributed by atoms with van der Waals surface area (Å²) in [5.74, 6) is 0.685. The van der Waals surface area contributed by atoms with Gasteiger partial charge in [0, 0.05) is 29.5 Å². The van der Waals surface area contributed by atoms with Gasteiger partial charge in [0.1, 0.15) is 11.9 Å². The highest BCUT2D eigenvalue weighted by Gasteiger charge is 2.50. The van der Waals surface area contributed by atoms with Crippen molar-refractivity contribution >= 4 is 27.6 Å². The predicted octanol–water partition coefficient (Wildman–Crippen LogP) is 7.65. The molecule has 2 aromatic carbocycles. The molecule has 46 heavy (non-hydrogen) atoms. The van der Waals surface area contributed by atoms with Crippen LogP contribution in [0.15, 0.2) is 42.6 Å². The molecule has 0 N–H and O–H groups in total. The smallest absolute Gasteiger partial charge is 0.320 e. The largest absolute Gasteiger partial charge is 0.474 e. The van der Waals surface area contributed by atoms with Crippen molar-refractivity contribution in [1.29, 1.82) is 0 Å². The molecule has 3 fully saturated rings. The van der Waals surface area contributed by atoms with E-state index in [0.29, 0.717) is 24.9 Å². The summed E-state index contributed by atoms with van der Waals surface area (Å²) in [6.07, 6.45) is 7.90. The Morgan fingerprint density at radius 1 is 1.11 bits per heavy atom. The van der Waals surface area contributed by atoms with Crippen LogP contribution in [0.1, 0.15) is 84.1 Å². The number of rotatable bonds is 9. The minimum absolute atomic E-state index is 0.0440. The van der Waals surface area contributed by atoms with Crippen LogP contribution in [0.5, 0.6) is 5.88 Å². The molecule has 1 atom stereocenters. The van der Waals surface area contributed by atoms with E-state index in [1.54, 1.807) is 0 Å². The molecule has 1 unspecified atom stereocenters. The molecule has 3 aliphatic rings. The van der Waals surface area contributed by atoms with Crippen LogP contribution >= 0.6 is 0 Å². The van der Waals surface area contributed by atoms with E-state index in [-0.39, 0.29) is 35.5 Å². The van der Waals surface area contributed by atoms with Gasteiger partial charge in [-0.05, 0) is 97.5 Å². The number of fused-ring (bicyclic) bond motifs is 2. The summed E-state index contributed by atoms with van der Waals surface area (Å²) >= 11 is 0. The molecule has 4 heterocycles. The van der Waals surface area contributed by atoms with Gasteiger partial charge in [0.25, 0.3) is 0 Å². The van der Waals surface area contributed by atoms with Gasteiger partial charge < -0.3 is 14.2 Å². The van der Waals surface area contributed by atoms with Crippen molar-refractivity contribution < 1.29 is 23.4 Å². The van der Waals surface area contributed by atoms with Crippen molar-refractivity contribution in [3.8, 4) is 17.0 Å². The molecule has 2 aliphatic heterocycles. The monoisotopic (exact) mass is 628 g/mol. The topological polar surface area (TPSA) is 78.7 Å². The number of carbonyl (C=O) groups is 1. The van der Waals surface area contributed by atoms with Crippen molar-refractivity contribution in [2.24, 2.45) is 11.3 Å². The van der Waals surface area contributed by atoms with Crippen LogP contribution in [-0.4, -0.2) is 64.6 Å². The number of ether oxygens (including phenoxy) is 3. The first kappa shape index (κ1) is 31.1. The average Bonchev–Trinajstić information content (AvgIpc) is 3.64. The molecule has 2 aromatic heterocycles. The van der Waals surface area contributed by atoms with Crippen molar-refractivity contribution in [3.05, 3.63) is 54.1 Å². The minimum atomic E-state index is -0.264. The second-order valence-corrected chi connectivity index (χ2v) is 14.4. The molecule has 8 nitrogen and oxygen atoms in total. The van der Waals surface area contributed by atoms with Gasteiger partial charge in [-0.2, -0.15) is 5.10 Å². The summed E-state index contributed by atoms with van der Waals surface area (Å²) < 4.78 is 34.4. The van der Waals surface area contributed by atoms with E-state index < -0.39 is 0 Å². The fourth-order valence-corrected chi connectivity index (χ4v) is 7.55. The Morgan fingerprint density at radius 2 is 1.91 bits per heavy atom. The molecule has 0 bridgehead atoms. The number of halogens is 1. The van der Waals surface area contributed by atoms with E-state index in [1.807, 2.05) is 36.9 Å². The van der Waals surface area contributed by atoms with E-state index in [4.69, 9.17) is 24.3 Å². The van der Waals surface area contributed by atoms with Crippen molar-refractivity contribution in [2.75, 3.05) is 32.8 Å². The maximum absolute atomic E-state index is 14.0. The van der Waals surface area contributed by atoms with Gasteiger partial charge in [-0.1, -0.05) is 39.8 Å². The zero-order valence-electron chi connectivity index (χ0n) is 27.4. The lowest BCUT2D eigenvalue weighted by molar-refractivity contribution is -0.146. The molecule has 1 aliphatic carbocycles. The zero-order chi connectivity index (χ0) is 32.0. The van der Waals surface area contributed by atoms with Gasteiger partial charge >= 0.3 is 5.97 Å². The number of hydrogen-bond donors (Lipinski definition) is 0. The number of benzene rings is 2. The fraction of sp³-hybridized carbons (Fsp3) is 0.541. The Hall–Kier alpha value is -3.56. The summed E-state index contributed by atoms with van der Waals surface area (Å²) in [6.45, 7) is 11.7. The Balaban J connectivity index is 1.21. The Labute approximate surface area is 270 Å². The quantitative estimate of drug-likeness (QED) is 0.176. The molecular formula is C37H45FN4O4. The van der Waals surface area contributed by atoms with Crippen molar-refractivity contribution in [2.45, 2.75) is 84.5 Å². The number of carbonyl (C=O) groups excluding carboxylic acids is 1. The lowest BCUT2D eigenvalue weighted by atomic mass is 9.66. The van der Waals surface area contributed by atoms with Gasteiger partial charge in [-0.25, -0.2) is 14.1 Å². The summed E-state index contributed by atoms with van der Waals surface area (Å²) in [5, 5.41) is 7.75. The standard InChI is InChI=1S/C37H45FN4O4/c1-23(2)21-45-33(43)20-41-13-12-37(22-41)17-28(18-37)46-36-30-16-31-26(19-39-42(31)32-7-5-6-14-44-32)15-29(30)34(35(40-36)24(3)4)25-8-10-27(38)11-9-25/h8-11,15-16,19,23-24,28,32H,5-7,12-14,17-18,20-22H2,1-4H3. The van der Waals surface area contributed by atoms with E-state index in [2.05, 4.69) is 30.9 Å². The third-order valence-corrected chi connectivity index (χ3v) is 9.87. The van der Waals surface area contributed by atoms with Crippen LogP contribution in [0.2, 0.25) is 0 Å². The number of esters is 1. The van der Waals surface area contributed by atoms with E-state index in [1.165, 1.54) is 12.1 Å². The number of nitrogens with zero attached hydrogens (tertiary/aromatic N) is 4. The minimum Gasteiger partial charge on any atom is -0.474 e. The second-order valence-electron chi connectivity index (χ2n) is 14.4. The maximum Gasteiger partial charge on any atom is 0.320 e. The van der Waals surface area contributed by atoms with Crippen LogP contribution in [0, 0.1) is 17.2 Å². The van der Waals surface area contributed by atoms with Gasteiger partial charge in [0.05, 0.1) is 30.6 Å². The Kier molecular flexibility index (Phi) is 8.48. The van der Waals surface area contributed by atoms with E-state index in [0.717, 1.165) is 96.7 Å². The highest BCUT2D eigenvalue weighted by atomic mass is 19.1. The zero-order valence-corrected chi connectivity index (χ0v) is 27.4. The predicted molar refractivity (Wildman–Crippen MR) is 176 cm³/mol. The number of hydrogen-bond acceptors (Lipinski definition) is 7. The first-order valence-corrected chi connectivity index (χ1v) is 16.9. The van der Waals surface area contributed by atoms with Crippen LogP contribution in [0.4, 0.5) is 4.39 Å². The van der Waals surface area contributed by atoms with Crippen molar-refractivity contribution in [1.82, 2.24) is 19.7 Å². The van der Waals surface area contributed by atoms with Gasteiger partial charge in [0.15, 0.2) is 6.23 Å². The van der Waals surface area contributed by atoms with Gasteiger partial charge in [-0.15, -0.1) is 0 Å². The van der Waals surface area contributed by atoms with Crippen LogP contribution in [0.25, 0.3) is 32.8 Å².